The molecule has 31 heavy (non-hydrogen) atoms. The summed E-state index contributed by atoms with van der Waals surface area (Å²) in [5.74, 6) is 0. The van der Waals surface area contributed by atoms with Crippen molar-refractivity contribution >= 4 is 23.0 Å². The van der Waals surface area contributed by atoms with Gasteiger partial charge in [-0.25, -0.2) is 0 Å². The van der Waals surface area contributed by atoms with Crippen LogP contribution in [0.25, 0.3) is 0 Å². The van der Waals surface area contributed by atoms with Gasteiger partial charge in [0.2, 0.25) is 0 Å². The highest BCUT2D eigenvalue weighted by Gasteiger charge is 2.26. The largest absolute Gasteiger partial charge is 0.340 e. The van der Waals surface area contributed by atoms with Gasteiger partial charge in [-0.05, 0) is 91.6 Å². The highest BCUT2D eigenvalue weighted by atomic mass is 32.1. The Kier molecular flexibility index (Phi) is 5.89. The Morgan fingerprint density at radius 3 is 2.03 bits per heavy atom. The average Bonchev–Trinajstić information content (AvgIpc) is 3.28. The van der Waals surface area contributed by atoms with Crippen LogP contribution in [0.1, 0.15) is 52.9 Å². The summed E-state index contributed by atoms with van der Waals surface area (Å²) in [7, 11) is 0. The monoisotopic (exact) mass is 429 g/mol. The minimum atomic E-state index is 0.698. The summed E-state index contributed by atoms with van der Waals surface area (Å²) < 4.78 is 0. The number of aryl methyl sites for hydroxylation is 2. The first-order valence-electron chi connectivity index (χ1n) is 11.1. The van der Waals surface area contributed by atoms with Crippen molar-refractivity contribution in [1.29, 1.82) is 0 Å². The van der Waals surface area contributed by atoms with E-state index in [4.69, 9.17) is 17.2 Å². The number of thiocarbonyl (C=S) groups is 1. The molecule has 3 aromatic heterocycles. The lowest BCUT2D eigenvalue weighted by Crippen LogP contribution is -2.34. The van der Waals surface area contributed by atoms with Crippen molar-refractivity contribution in [3.8, 4) is 0 Å². The molecule has 0 radical (unpaired) electrons. The summed E-state index contributed by atoms with van der Waals surface area (Å²) in [6, 6.07) is 8.14. The number of aromatic nitrogens is 3. The molecule has 0 aromatic carbocycles. The number of pyridine rings is 3. The lowest BCUT2D eigenvalue weighted by atomic mass is 9.92. The highest BCUT2D eigenvalue weighted by Crippen LogP contribution is 2.36. The second-order valence-electron chi connectivity index (χ2n) is 8.41. The van der Waals surface area contributed by atoms with Crippen molar-refractivity contribution < 1.29 is 0 Å². The van der Waals surface area contributed by atoms with E-state index in [2.05, 4.69) is 32.3 Å². The number of hydrogen-bond donors (Lipinski definition) is 1. The van der Waals surface area contributed by atoms with E-state index in [0.717, 1.165) is 41.9 Å². The molecule has 0 aliphatic heterocycles. The van der Waals surface area contributed by atoms with Crippen LogP contribution in [0.5, 0.6) is 0 Å². The summed E-state index contributed by atoms with van der Waals surface area (Å²) in [4.78, 5) is 15.8. The molecule has 158 valence electrons. The lowest BCUT2D eigenvalue weighted by molar-refractivity contribution is 0.411. The smallest absolute Gasteiger partial charge is 0.174 e. The van der Waals surface area contributed by atoms with E-state index in [1.807, 2.05) is 24.5 Å². The fraction of sp³-hybridized carbons (Fsp3) is 0.360. The van der Waals surface area contributed by atoms with Crippen LogP contribution in [0.15, 0.2) is 49.1 Å². The molecule has 0 unspecified atom stereocenters. The number of nitrogens with zero attached hydrogens (tertiary/aromatic N) is 4. The van der Waals surface area contributed by atoms with Gasteiger partial charge in [0, 0.05) is 49.3 Å². The molecule has 1 N–H and O–H groups in total. The van der Waals surface area contributed by atoms with Gasteiger partial charge in [0.25, 0.3) is 0 Å². The van der Waals surface area contributed by atoms with Crippen molar-refractivity contribution in [3.63, 3.8) is 0 Å². The van der Waals surface area contributed by atoms with E-state index in [1.165, 1.54) is 47.5 Å². The van der Waals surface area contributed by atoms with Crippen molar-refractivity contribution in [2.24, 2.45) is 0 Å². The first-order chi connectivity index (χ1) is 15.3. The number of nitrogens with one attached hydrogen (secondary N) is 1. The van der Waals surface area contributed by atoms with Crippen molar-refractivity contribution in [2.45, 2.75) is 58.0 Å². The van der Waals surface area contributed by atoms with Crippen molar-refractivity contribution in [1.82, 2.24) is 19.9 Å². The predicted molar refractivity (Wildman–Crippen MR) is 127 cm³/mol. The van der Waals surface area contributed by atoms with Crippen LogP contribution in [0.4, 0.5) is 5.69 Å². The number of fused-ring (bicyclic) bond motifs is 2. The van der Waals surface area contributed by atoms with Gasteiger partial charge in [-0.3, -0.25) is 15.0 Å². The Bertz CT molecular complexity index is 1030. The van der Waals surface area contributed by atoms with Gasteiger partial charge in [0.1, 0.15) is 0 Å². The fourth-order valence-electron chi connectivity index (χ4n) is 4.71. The quantitative estimate of drug-likeness (QED) is 0.597. The van der Waals surface area contributed by atoms with Crippen LogP contribution in [0.2, 0.25) is 0 Å². The summed E-state index contributed by atoms with van der Waals surface area (Å²) in [5.41, 5.74) is 8.84. The Balaban J connectivity index is 1.45. The molecule has 0 atom stereocenters. The number of hydrogen-bond acceptors (Lipinski definition) is 4. The van der Waals surface area contributed by atoms with Gasteiger partial charge in [-0.1, -0.05) is 12.1 Å². The summed E-state index contributed by atoms with van der Waals surface area (Å²) in [6.07, 6.45) is 15.4. The number of rotatable bonds is 5. The zero-order valence-corrected chi connectivity index (χ0v) is 18.5. The fourth-order valence-corrected chi connectivity index (χ4v) is 4.94. The molecule has 5 nitrogen and oxygen atoms in total. The van der Waals surface area contributed by atoms with E-state index in [-0.39, 0.29) is 0 Å². The van der Waals surface area contributed by atoms with Gasteiger partial charge >= 0.3 is 0 Å². The second-order valence-corrected chi connectivity index (χ2v) is 8.79. The van der Waals surface area contributed by atoms with Crippen LogP contribution >= 0.6 is 12.2 Å². The zero-order chi connectivity index (χ0) is 21.0. The third-order valence-electron chi connectivity index (χ3n) is 6.21. The molecule has 0 fully saturated rings. The summed E-state index contributed by atoms with van der Waals surface area (Å²) in [5, 5.41) is 4.44. The Morgan fingerprint density at radius 1 is 0.839 bits per heavy atom. The van der Waals surface area contributed by atoms with Crippen LogP contribution < -0.4 is 5.32 Å². The molecule has 0 spiro atoms. The Labute approximate surface area is 189 Å². The van der Waals surface area contributed by atoms with Gasteiger partial charge < -0.3 is 10.2 Å². The third-order valence-corrected chi connectivity index (χ3v) is 6.57. The van der Waals surface area contributed by atoms with Gasteiger partial charge in [-0.2, -0.15) is 0 Å². The molecule has 0 saturated heterocycles. The molecule has 3 heterocycles. The maximum Gasteiger partial charge on any atom is 0.174 e. The van der Waals surface area contributed by atoms with Crippen LogP contribution in [-0.2, 0) is 38.8 Å². The maximum absolute atomic E-state index is 5.99. The first kappa shape index (κ1) is 20.1. The summed E-state index contributed by atoms with van der Waals surface area (Å²) >= 11 is 5.99. The Hall–Kier alpha value is -2.86. The lowest BCUT2D eigenvalue weighted by Gasteiger charge is -2.29. The van der Waals surface area contributed by atoms with E-state index in [0.29, 0.717) is 13.1 Å². The minimum Gasteiger partial charge on any atom is -0.340 e. The average molecular weight is 430 g/mol. The van der Waals surface area contributed by atoms with E-state index < -0.39 is 0 Å². The molecular weight excluding hydrogens is 402 g/mol. The molecule has 2 aliphatic rings. The predicted octanol–water partition coefficient (Wildman–Crippen LogP) is 4.64. The second kappa shape index (κ2) is 9.10. The van der Waals surface area contributed by atoms with Gasteiger partial charge in [-0.15, -0.1) is 0 Å². The van der Waals surface area contributed by atoms with Gasteiger partial charge in [0.05, 0.1) is 5.69 Å². The zero-order valence-electron chi connectivity index (χ0n) is 17.7. The summed E-state index contributed by atoms with van der Waals surface area (Å²) in [6.45, 7) is 1.40. The maximum atomic E-state index is 5.99. The van der Waals surface area contributed by atoms with Gasteiger partial charge in [0.15, 0.2) is 5.11 Å². The van der Waals surface area contributed by atoms with Crippen molar-refractivity contribution in [2.75, 3.05) is 5.32 Å². The Morgan fingerprint density at radius 2 is 1.42 bits per heavy atom. The molecule has 0 saturated carbocycles. The van der Waals surface area contributed by atoms with E-state index in [1.54, 1.807) is 12.4 Å². The van der Waals surface area contributed by atoms with Crippen molar-refractivity contribution in [3.05, 3.63) is 82.7 Å². The molecule has 3 aromatic rings. The van der Waals surface area contributed by atoms with Crippen LogP contribution in [-0.4, -0.2) is 25.0 Å². The van der Waals surface area contributed by atoms with Crippen LogP contribution in [0.3, 0.4) is 0 Å². The molecule has 0 bridgehead atoms. The minimum absolute atomic E-state index is 0.698. The van der Waals surface area contributed by atoms with E-state index in [9.17, 15) is 0 Å². The first-order valence-corrected chi connectivity index (χ1v) is 11.6. The third kappa shape index (κ3) is 4.44. The number of anilines is 1. The highest BCUT2D eigenvalue weighted by molar-refractivity contribution is 7.80. The molecule has 6 heteroatoms. The molecule has 0 amide bonds. The van der Waals surface area contributed by atoms with E-state index >= 15 is 0 Å². The SMILES string of the molecule is S=C(Nc1c2c(nc3c1CCC3)CCCC2)N(Cc1cccnc1)Cc1cccnc1. The standard InChI is InChI=1S/C25H27N5S/c31-25(29-24-20-8-1-2-10-22(20)28-23-11-3-9-21(23)24)30(16-18-6-4-12-26-14-18)17-19-7-5-13-27-15-19/h4-7,12-15H,1-3,8-11,16-17H2,(H,28,29,31). The molecular formula is C25H27N5S. The topological polar surface area (TPSA) is 53.9 Å². The molecule has 2 aliphatic carbocycles. The van der Waals surface area contributed by atoms with Crippen LogP contribution in [0, 0.1) is 0 Å². The normalized spacial score (nSPS) is 14.6. The molecule has 5 rings (SSSR count).